The SMILES string of the molecule is Cc1cc(N(C)C)nc(N2CCC3(CC2)CC(O)CN(C)C3=O)n1. The summed E-state index contributed by atoms with van der Waals surface area (Å²) in [5.74, 6) is 1.79. The Bertz CT molecular complexity index is 625. The van der Waals surface area contributed by atoms with Crippen LogP contribution in [0.2, 0.25) is 0 Å². The summed E-state index contributed by atoms with van der Waals surface area (Å²) in [7, 11) is 5.72. The van der Waals surface area contributed by atoms with Crippen LogP contribution < -0.4 is 9.80 Å². The molecule has 1 aromatic heterocycles. The van der Waals surface area contributed by atoms with E-state index in [1.165, 1.54) is 0 Å². The molecular formula is C17H27N5O2. The number of β-amino-alcohol motifs (C(OH)–C–C–N with tert-alkyl or cyclic N) is 1. The third-order valence-corrected chi connectivity index (χ3v) is 5.20. The summed E-state index contributed by atoms with van der Waals surface area (Å²) < 4.78 is 0. The highest BCUT2D eigenvalue weighted by atomic mass is 16.3. The van der Waals surface area contributed by atoms with E-state index in [0.717, 1.165) is 43.4 Å². The normalized spacial score (nSPS) is 23.7. The molecule has 0 radical (unpaired) electrons. The minimum Gasteiger partial charge on any atom is -0.391 e. The Labute approximate surface area is 143 Å². The minimum atomic E-state index is -0.421. The van der Waals surface area contributed by atoms with Gasteiger partial charge in [0.05, 0.1) is 11.5 Å². The molecule has 2 aliphatic rings. The molecule has 1 N–H and O–H groups in total. The van der Waals surface area contributed by atoms with Crippen LogP contribution in [0.15, 0.2) is 6.07 Å². The largest absolute Gasteiger partial charge is 0.391 e. The number of likely N-dealkylation sites (N-methyl/N-ethyl adjacent to an activating group) is 1. The Balaban J connectivity index is 1.77. The third-order valence-electron chi connectivity index (χ3n) is 5.20. The van der Waals surface area contributed by atoms with E-state index in [0.29, 0.717) is 13.0 Å². The fourth-order valence-corrected chi connectivity index (χ4v) is 3.87. The van der Waals surface area contributed by atoms with E-state index in [1.54, 1.807) is 11.9 Å². The second-order valence-electron chi connectivity index (χ2n) is 7.37. The van der Waals surface area contributed by atoms with Crippen molar-refractivity contribution in [2.75, 3.05) is 50.6 Å². The molecular weight excluding hydrogens is 306 g/mol. The summed E-state index contributed by atoms with van der Waals surface area (Å²) in [6, 6.07) is 1.96. The molecule has 0 bridgehead atoms. The molecule has 1 aromatic rings. The Morgan fingerprint density at radius 3 is 2.58 bits per heavy atom. The maximum atomic E-state index is 12.6. The van der Waals surface area contributed by atoms with Crippen molar-refractivity contribution >= 4 is 17.7 Å². The molecule has 0 saturated carbocycles. The summed E-state index contributed by atoms with van der Waals surface area (Å²) >= 11 is 0. The van der Waals surface area contributed by atoms with Gasteiger partial charge in [-0.2, -0.15) is 4.98 Å². The molecule has 2 fully saturated rings. The van der Waals surface area contributed by atoms with Crippen molar-refractivity contribution in [1.82, 2.24) is 14.9 Å². The predicted octanol–water partition coefficient (Wildman–Crippen LogP) is 0.661. The van der Waals surface area contributed by atoms with Crippen LogP contribution in [-0.4, -0.2) is 72.8 Å². The van der Waals surface area contributed by atoms with Gasteiger partial charge in [0.15, 0.2) is 0 Å². The van der Waals surface area contributed by atoms with Gasteiger partial charge in [0, 0.05) is 52.5 Å². The molecule has 24 heavy (non-hydrogen) atoms. The maximum Gasteiger partial charge on any atom is 0.228 e. The van der Waals surface area contributed by atoms with E-state index in [-0.39, 0.29) is 5.91 Å². The first kappa shape index (κ1) is 17.0. The van der Waals surface area contributed by atoms with Crippen LogP contribution >= 0.6 is 0 Å². The molecule has 1 atom stereocenters. The van der Waals surface area contributed by atoms with Gasteiger partial charge in [-0.05, 0) is 26.2 Å². The second-order valence-corrected chi connectivity index (χ2v) is 7.37. The molecule has 3 heterocycles. The fourth-order valence-electron chi connectivity index (χ4n) is 3.87. The van der Waals surface area contributed by atoms with Crippen molar-refractivity contribution in [3.05, 3.63) is 11.8 Å². The molecule has 0 aromatic carbocycles. The molecule has 7 nitrogen and oxygen atoms in total. The van der Waals surface area contributed by atoms with Crippen LogP contribution in [0.5, 0.6) is 0 Å². The number of hydrogen-bond acceptors (Lipinski definition) is 6. The van der Waals surface area contributed by atoms with Gasteiger partial charge in [0.1, 0.15) is 5.82 Å². The van der Waals surface area contributed by atoms with Crippen molar-refractivity contribution in [3.63, 3.8) is 0 Å². The number of nitrogens with zero attached hydrogens (tertiary/aromatic N) is 5. The van der Waals surface area contributed by atoms with Gasteiger partial charge in [0.25, 0.3) is 0 Å². The molecule has 3 rings (SSSR count). The lowest BCUT2D eigenvalue weighted by Gasteiger charge is -2.47. The lowest BCUT2D eigenvalue weighted by molar-refractivity contribution is -0.152. The highest BCUT2D eigenvalue weighted by Crippen LogP contribution is 2.41. The Kier molecular flexibility index (Phi) is 4.38. The van der Waals surface area contributed by atoms with E-state index >= 15 is 0 Å². The zero-order chi connectivity index (χ0) is 17.5. The van der Waals surface area contributed by atoms with Crippen molar-refractivity contribution < 1.29 is 9.90 Å². The number of aliphatic hydroxyl groups is 1. The zero-order valence-corrected chi connectivity index (χ0v) is 15.0. The lowest BCUT2D eigenvalue weighted by atomic mass is 9.71. The van der Waals surface area contributed by atoms with Crippen molar-refractivity contribution in [2.24, 2.45) is 5.41 Å². The summed E-state index contributed by atoms with van der Waals surface area (Å²) in [5.41, 5.74) is 0.518. The van der Waals surface area contributed by atoms with Gasteiger partial charge in [-0.25, -0.2) is 4.98 Å². The van der Waals surface area contributed by atoms with E-state index in [1.807, 2.05) is 32.0 Å². The number of carbonyl (C=O) groups excluding carboxylic acids is 1. The van der Waals surface area contributed by atoms with Crippen LogP contribution in [-0.2, 0) is 4.79 Å². The number of rotatable bonds is 2. The highest BCUT2D eigenvalue weighted by molar-refractivity contribution is 5.83. The molecule has 2 aliphatic heterocycles. The lowest BCUT2D eigenvalue weighted by Crippen LogP contribution is -2.56. The first-order valence-corrected chi connectivity index (χ1v) is 8.52. The van der Waals surface area contributed by atoms with Crippen molar-refractivity contribution in [3.8, 4) is 0 Å². The molecule has 0 aliphatic carbocycles. The zero-order valence-electron chi connectivity index (χ0n) is 15.0. The highest BCUT2D eigenvalue weighted by Gasteiger charge is 2.47. The Morgan fingerprint density at radius 2 is 1.96 bits per heavy atom. The maximum absolute atomic E-state index is 12.6. The average molecular weight is 333 g/mol. The van der Waals surface area contributed by atoms with Crippen LogP contribution in [0.25, 0.3) is 0 Å². The second kappa shape index (κ2) is 6.20. The number of aromatic nitrogens is 2. The summed E-state index contributed by atoms with van der Waals surface area (Å²) in [6.07, 6.45) is 1.63. The van der Waals surface area contributed by atoms with Gasteiger partial charge < -0.3 is 19.8 Å². The van der Waals surface area contributed by atoms with Gasteiger partial charge in [-0.3, -0.25) is 4.79 Å². The first-order chi connectivity index (χ1) is 11.3. The van der Waals surface area contributed by atoms with Crippen LogP contribution in [0.3, 0.4) is 0 Å². The summed E-state index contributed by atoms with van der Waals surface area (Å²) in [6.45, 7) is 3.89. The topological polar surface area (TPSA) is 72.8 Å². The summed E-state index contributed by atoms with van der Waals surface area (Å²) in [4.78, 5) is 27.6. The molecule has 7 heteroatoms. The quantitative estimate of drug-likeness (QED) is 0.857. The molecule has 132 valence electrons. The Morgan fingerprint density at radius 1 is 1.29 bits per heavy atom. The predicted molar refractivity (Wildman–Crippen MR) is 93.2 cm³/mol. The number of aryl methyl sites for hydroxylation is 1. The summed E-state index contributed by atoms with van der Waals surface area (Å²) in [5, 5.41) is 10.1. The van der Waals surface area contributed by atoms with Crippen LogP contribution in [0.4, 0.5) is 11.8 Å². The number of amides is 1. The van der Waals surface area contributed by atoms with Crippen molar-refractivity contribution in [1.29, 1.82) is 0 Å². The smallest absolute Gasteiger partial charge is 0.228 e. The van der Waals surface area contributed by atoms with Gasteiger partial charge >= 0.3 is 0 Å². The molecule has 1 unspecified atom stereocenters. The standard InChI is InChI=1S/C17H27N5O2/c1-12-9-14(20(2)3)19-16(18-12)22-7-5-17(6-8-22)10-13(23)11-21(4)15(17)24/h9,13,23H,5-8,10-11H2,1-4H3. The number of carbonyl (C=O) groups is 1. The van der Waals surface area contributed by atoms with E-state index in [2.05, 4.69) is 14.9 Å². The van der Waals surface area contributed by atoms with E-state index < -0.39 is 11.5 Å². The van der Waals surface area contributed by atoms with E-state index in [9.17, 15) is 9.90 Å². The number of piperidine rings is 2. The molecule has 2 saturated heterocycles. The van der Waals surface area contributed by atoms with E-state index in [4.69, 9.17) is 0 Å². The van der Waals surface area contributed by atoms with Gasteiger partial charge in [0.2, 0.25) is 11.9 Å². The van der Waals surface area contributed by atoms with Crippen LogP contribution in [0, 0.1) is 12.3 Å². The first-order valence-electron chi connectivity index (χ1n) is 8.52. The Hall–Kier alpha value is -1.89. The molecule has 1 spiro atoms. The number of hydrogen-bond donors (Lipinski definition) is 1. The minimum absolute atomic E-state index is 0.173. The van der Waals surface area contributed by atoms with Gasteiger partial charge in [-0.15, -0.1) is 0 Å². The monoisotopic (exact) mass is 333 g/mol. The fraction of sp³-hybridized carbons (Fsp3) is 0.706. The van der Waals surface area contributed by atoms with Crippen molar-refractivity contribution in [2.45, 2.75) is 32.3 Å². The van der Waals surface area contributed by atoms with Crippen LogP contribution in [0.1, 0.15) is 25.0 Å². The molecule has 1 amide bonds. The van der Waals surface area contributed by atoms with Gasteiger partial charge in [-0.1, -0.05) is 0 Å². The average Bonchev–Trinajstić information content (AvgIpc) is 2.52. The third kappa shape index (κ3) is 3.05. The number of aliphatic hydroxyl groups excluding tert-OH is 1. The number of anilines is 2. The number of likely N-dealkylation sites (tertiary alicyclic amines) is 1.